The number of amides is 4. The Bertz CT molecular complexity index is 905. The van der Waals surface area contributed by atoms with Crippen LogP contribution in [0, 0.1) is 5.92 Å². The Labute approximate surface area is 220 Å². The average molecular weight is 518 g/mol. The maximum Gasteiger partial charge on any atom is 0.245 e. The Morgan fingerprint density at radius 3 is 2.27 bits per heavy atom. The molecule has 3 atom stereocenters. The molecular formula is C27H43N5O5. The van der Waals surface area contributed by atoms with Gasteiger partial charge in [-0.3, -0.25) is 19.2 Å². The number of nitrogens with zero attached hydrogens (tertiary/aromatic N) is 1. The first kappa shape index (κ1) is 30.1. The van der Waals surface area contributed by atoms with Gasteiger partial charge in [0.1, 0.15) is 23.9 Å². The first-order valence-electron chi connectivity index (χ1n) is 13.1. The van der Waals surface area contributed by atoms with E-state index in [-0.39, 0.29) is 30.1 Å². The Morgan fingerprint density at radius 2 is 1.62 bits per heavy atom. The van der Waals surface area contributed by atoms with Crippen LogP contribution in [-0.2, 0) is 25.6 Å². The van der Waals surface area contributed by atoms with Crippen molar-refractivity contribution in [3.8, 4) is 5.75 Å². The fraction of sp³-hybridized carbons (Fsp3) is 0.630. The van der Waals surface area contributed by atoms with E-state index >= 15 is 0 Å². The summed E-state index contributed by atoms with van der Waals surface area (Å²) in [6.07, 6.45) is 2.32. The maximum atomic E-state index is 13.6. The highest BCUT2D eigenvalue weighted by Crippen LogP contribution is 2.15. The van der Waals surface area contributed by atoms with Crippen LogP contribution in [0.2, 0.25) is 0 Å². The van der Waals surface area contributed by atoms with Crippen LogP contribution in [-0.4, -0.2) is 80.4 Å². The second-order valence-electron chi connectivity index (χ2n) is 9.99. The molecule has 0 radical (unpaired) electrons. The number of carbonyl (C=O) groups is 4. The summed E-state index contributed by atoms with van der Waals surface area (Å²) >= 11 is 0. The van der Waals surface area contributed by atoms with Gasteiger partial charge in [-0.15, -0.1) is 0 Å². The fourth-order valence-corrected chi connectivity index (χ4v) is 4.12. The monoisotopic (exact) mass is 517 g/mol. The summed E-state index contributed by atoms with van der Waals surface area (Å²) < 4.78 is 5.22. The number of benzene rings is 1. The van der Waals surface area contributed by atoms with E-state index in [1.807, 2.05) is 26.0 Å². The van der Waals surface area contributed by atoms with Crippen LogP contribution < -0.4 is 26.0 Å². The molecule has 0 bridgehead atoms. The lowest BCUT2D eigenvalue weighted by molar-refractivity contribution is -0.141. The summed E-state index contributed by atoms with van der Waals surface area (Å²) in [4.78, 5) is 53.6. The molecule has 0 aromatic heterocycles. The van der Waals surface area contributed by atoms with E-state index in [2.05, 4.69) is 21.3 Å². The van der Waals surface area contributed by atoms with Crippen LogP contribution in [0.4, 0.5) is 0 Å². The predicted octanol–water partition coefficient (Wildman–Crippen LogP) is 0.990. The van der Waals surface area contributed by atoms with Crippen LogP contribution in [0.3, 0.4) is 0 Å². The van der Waals surface area contributed by atoms with Crippen molar-refractivity contribution in [1.82, 2.24) is 26.2 Å². The minimum atomic E-state index is -0.921. The summed E-state index contributed by atoms with van der Waals surface area (Å²) in [5, 5.41) is 11.9. The van der Waals surface area contributed by atoms with E-state index in [4.69, 9.17) is 4.74 Å². The van der Waals surface area contributed by atoms with Crippen LogP contribution in [0.5, 0.6) is 5.75 Å². The van der Waals surface area contributed by atoms with E-state index in [9.17, 15) is 19.2 Å². The van der Waals surface area contributed by atoms with Gasteiger partial charge in [0, 0.05) is 26.4 Å². The van der Waals surface area contributed by atoms with Crippen LogP contribution in [0.15, 0.2) is 24.3 Å². The largest absolute Gasteiger partial charge is 0.497 e. The summed E-state index contributed by atoms with van der Waals surface area (Å²) in [6, 6.07) is 4.84. The highest BCUT2D eigenvalue weighted by atomic mass is 16.5. The van der Waals surface area contributed by atoms with Crippen molar-refractivity contribution in [3.05, 3.63) is 29.8 Å². The van der Waals surface area contributed by atoms with Crippen molar-refractivity contribution in [2.45, 2.75) is 71.0 Å². The van der Waals surface area contributed by atoms with Crippen molar-refractivity contribution in [1.29, 1.82) is 0 Å². The number of methoxy groups -OCH3 is 1. The molecule has 1 fully saturated rings. The van der Waals surface area contributed by atoms with Gasteiger partial charge in [0.25, 0.3) is 0 Å². The second-order valence-corrected chi connectivity index (χ2v) is 9.99. The fourth-order valence-electron chi connectivity index (χ4n) is 4.12. The number of carbonyl (C=O) groups excluding carboxylic acids is 4. The zero-order valence-electron chi connectivity index (χ0n) is 22.8. The normalized spacial score (nSPS) is 23.5. The van der Waals surface area contributed by atoms with Gasteiger partial charge in [-0.2, -0.15) is 0 Å². The first-order valence-corrected chi connectivity index (χ1v) is 13.1. The van der Waals surface area contributed by atoms with E-state index in [1.165, 1.54) is 4.90 Å². The number of likely N-dealkylation sites (N-methyl/N-ethyl adjacent to an activating group) is 1. The van der Waals surface area contributed by atoms with Crippen LogP contribution >= 0.6 is 0 Å². The van der Waals surface area contributed by atoms with Gasteiger partial charge in [0.2, 0.25) is 23.6 Å². The van der Waals surface area contributed by atoms with Gasteiger partial charge in [0.05, 0.1) is 7.11 Å². The van der Waals surface area contributed by atoms with Crippen molar-refractivity contribution >= 4 is 23.6 Å². The molecular weight excluding hydrogens is 474 g/mol. The Hall–Kier alpha value is -3.14. The molecule has 1 aliphatic heterocycles. The highest BCUT2D eigenvalue weighted by molar-refractivity contribution is 5.94. The Kier molecular flexibility index (Phi) is 12.4. The minimum absolute atomic E-state index is 0.151. The van der Waals surface area contributed by atoms with Crippen molar-refractivity contribution in [2.75, 3.05) is 33.8 Å². The molecule has 37 heavy (non-hydrogen) atoms. The zero-order valence-corrected chi connectivity index (χ0v) is 22.8. The molecule has 10 nitrogen and oxygen atoms in total. The third-order valence-corrected chi connectivity index (χ3v) is 6.47. The summed E-state index contributed by atoms with van der Waals surface area (Å²) in [6.45, 7) is 7.46. The third-order valence-electron chi connectivity index (χ3n) is 6.47. The number of nitrogens with one attached hydrogen (secondary N) is 4. The van der Waals surface area contributed by atoms with E-state index in [1.54, 1.807) is 33.2 Å². The highest BCUT2D eigenvalue weighted by Gasteiger charge is 2.32. The van der Waals surface area contributed by atoms with E-state index in [0.717, 1.165) is 12.0 Å². The number of rotatable bonds is 5. The van der Waals surface area contributed by atoms with Gasteiger partial charge in [-0.05, 0) is 62.9 Å². The van der Waals surface area contributed by atoms with Crippen molar-refractivity contribution < 1.29 is 23.9 Å². The molecule has 4 N–H and O–H groups in total. The van der Waals surface area contributed by atoms with Gasteiger partial charge < -0.3 is 30.9 Å². The summed E-state index contributed by atoms with van der Waals surface area (Å²) in [5.41, 5.74) is 0.823. The van der Waals surface area contributed by atoms with Gasteiger partial charge in [-0.25, -0.2) is 0 Å². The van der Waals surface area contributed by atoms with Gasteiger partial charge >= 0.3 is 0 Å². The SMILES string of the molecule is COc1ccc(C[C@@H]2NC(=O)[C@@H](CC(C)C)NC(=O)CCCNCCCNC(=O)[C@H](C)N(C)C2=O)cc1. The molecule has 0 unspecified atom stereocenters. The van der Waals surface area contributed by atoms with Crippen molar-refractivity contribution in [2.24, 2.45) is 5.92 Å². The molecule has 206 valence electrons. The lowest BCUT2D eigenvalue weighted by Crippen LogP contribution is -2.57. The molecule has 0 aliphatic carbocycles. The van der Waals surface area contributed by atoms with Gasteiger partial charge in [0.15, 0.2) is 0 Å². The quantitative estimate of drug-likeness (QED) is 0.461. The summed E-state index contributed by atoms with van der Waals surface area (Å²) in [7, 11) is 3.14. The van der Waals surface area contributed by atoms with E-state index < -0.39 is 24.0 Å². The number of ether oxygens (including phenoxy) is 1. The molecule has 1 aliphatic rings. The molecule has 1 aromatic rings. The van der Waals surface area contributed by atoms with E-state index in [0.29, 0.717) is 44.6 Å². The molecule has 1 heterocycles. The summed E-state index contributed by atoms with van der Waals surface area (Å²) in [5.74, 6) is -0.419. The Balaban J connectivity index is 2.32. The van der Waals surface area contributed by atoms with Crippen molar-refractivity contribution in [3.63, 3.8) is 0 Å². The minimum Gasteiger partial charge on any atom is -0.497 e. The van der Waals surface area contributed by atoms with Gasteiger partial charge in [-0.1, -0.05) is 26.0 Å². The number of hydrogen-bond acceptors (Lipinski definition) is 6. The lowest BCUT2D eigenvalue weighted by Gasteiger charge is -2.30. The average Bonchev–Trinajstić information content (AvgIpc) is 2.87. The molecule has 4 amide bonds. The molecule has 0 saturated carbocycles. The molecule has 2 rings (SSSR count). The molecule has 1 aromatic carbocycles. The smallest absolute Gasteiger partial charge is 0.245 e. The second kappa shape index (κ2) is 15.2. The third kappa shape index (κ3) is 10.0. The topological polar surface area (TPSA) is 129 Å². The lowest BCUT2D eigenvalue weighted by atomic mass is 10.00. The maximum absolute atomic E-state index is 13.6. The molecule has 0 spiro atoms. The standard InChI is InChI=1S/C27H43N5O5/c1-18(2)16-22-26(35)31-23(17-20-9-11-21(37-5)12-10-20)27(36)32(4)19(3)25(34)29-15-7-14-28-13-6-8-24(33)30-22/h9-12,18-19,22-23,28H,6-8,13-17H2,1-5H3,(H,29,34)(H,30,33)(H,31,35)/t19-,22+,23-/m0/s1. The van der Waals surface area contributed by atoms with Crippen LogP contribution in [0.25, 0.3) is 0 Å². The zero-order chi connectivity index (χ0) is 27.4. The Morgan fingerprint density at radius 1 is 0.946 bits per heavy atom. The first-order chi connectivity index (χ1) is 17.6. The number of hydrogen-bond donors (Lipinski definition) is 4. The molecule has 10 heteroatoms. The predicted molar refractivity (Wildman–Crippen MR) is 142 cm³/mol. The van der Waals surface area contributed by atoms with Crippen LogP contribution in [0.1, 0.15) is 52.0 Å². The molecule has 1 saturated heterocycles.